The minimum absolute atomic E-state index is 0.0134. The largest absolute Gasteiger partial charge is 0.342 e. The number of piperidine rings is 1. The van der Waals surface area contributed by atoms with Crippen LogP contribution in [0.5, 0.6) is 0 Å². The monoisotopic (exact) mass is 376 g/mol. The quantitative estimate of drug-likeness (QED) is 0.834. The van der Waals surface area contributed by atoms with Crippen molar-refractivity contribution in [3.05, 3.63) is 28.8 Å². The van der Waals surface area contributed by atoms with Crippen molar-refractivity contribution >= 4 is 29.1 Å². The standard InChI is InChI=1S/C21H29ClN2O2/c1-14-9-11-24(12-10-14)21(26)17-6-4-16(5-7-17)20(25)23-18-8-3-15(2)19(22)13-18/h3,8,13-14,16-17H,4-7,9-12H2,1-2H3,(H,23,25). The molecule has 142 valence electrons. The molecule has 1 aliphatic carbocycles. The summed E-state index contributed by atoms with van der Waals surface area (Å²) < 4.78 is 0. The van der Waals surface area contributed by atoms with Crippen molar-refractivity contribution in [1.82, 2.24) is 4.90 Å². The molecular weight excluding hydrogens is 348 g/mol. The van der Waals surface area contributed by atoms with Gasteiger partial charge in [-0.25, -0.2) is 0 Å². The first kappa shape index (κ1) is 19.2. The van der Waals surface area contributed by atoms with Gasteiger partial charge in [-0.05, 0) is 69.1 Å². The summed E-state index contributed by atoms with van der Waals surface area (Å²) in [5, 5.41) is 3.63. The Hall–Kier alpha value is -1.55. The van der Waals surface area contributed by atoms with Gasteiger partial charge in [0.15, 0.2) is 0 Å². The molecule has 5 heteroatoms. The number of hydrogen-bond donors (Lipinski definition) is 1. The summed E-state index contributed by atoms with van der Waals surface area (Å²) in [4.78, 5) is 27.3. The van der Waals surface area contributed by atoms with Crippen molar-refractivity contribution in [3.63, 3.8) is 0 Å². The van der Waals surface area contributed by atoms with Crippen LogP contribution in [0.3, 0.4) is 0 Å². The molecule has 2 amide bonds. The van der Waals surface area contributed by atoms with E-state index in [-0.39, 0.29) is 17.7 Å². The summed E-state index contributed by atoms with van der Waals surface area (Å²) in [6, 6.07) is 5.58. The highest BCUT2D eigenvalue weighted by molar-refractivity contribution is 6.31. The molecule has 1 saturated heterocycles. The third-order valence-corrected chi connectivity index (χ3v) is 6.39. The SMILES string of the molecule is Cc1ccc(NC(=O)C2CCC(C(=O)N3CCC(C)CC3)CC2)cc1Cl. The van der Waals surface area contributed by atoms with E-state index in [0.29, 0.717) is 10.9 Å². The first-order valence-electron chi connectivity index (χ1n) is 9.80. The van der Waals surface area contributed by atoms with Crippen LogP contribution in [0.1, 0.15) is 51.0 Å². The van der Waals surface area contributed by atoms with E-state index in [1.807, 2.05) is 24.0 Å². The maximum absolute atomic E-state index is 12.7. The third kappa shape index (κ3) is 4.59. The molecule has 1 aromatic carbocycles. The van der Waals surface area contributed by atoms with Crippen LogP contribution < -0.4 is 5.32 Å². The van der Waals surface area contributed by atoms with Gasteiger partial charge in [0, 0.05) is 35.6 Å². The number of aryl methyl sites for hydroxylation is 1. The number of rotatable bonds is 3. The van der Waals surface area contributed by atoms with Crippen molar-refractivity contribution in [2.24, 2.45) is 17.8 Å². The second-order valence-electron chi connectivity index (χ2n) is 8.01. The fraction of sp³-hybridized carbons (Fsp3) is 0.619. The minimum Gasteiger partial charge on any atom is -0.342 e. The molecule has 4 nitrogen and oxygen atoms in total. The van der Waals surface area contributed by atoms with E-state index in [1.54, 1.807) is 6.07 Å². The minimum atomic E-state index is -0.0134. The molecule has 0 unspecified atom stereocenters. The molecular formula is C21H29ClN2O2. The highest BCUT2D eigenvalue weighted by Crippen LogP contribution is 2.32. The predicted molar refractivity (Wildman–Crippen MR) is 105 cm³/mol. The second kappa shape index (κ2) is 8.43. The molecule has 1 aromatic rings. The molecule has 1 aliphatic heterocycles. The van der Waals surface area contributed by atoms with Gasteiger partial charge in [-0.3, -0.25) is 9.59 Å². The van der Waals surface area contributed by atoms with Crippen LogP contribution in [0.15, 0.2) is 18.2 Å². The van der Waals surface area contributed by atoms with Crippen LogP contribution in [0.25, 0.3) is 0 Å². The average Bonchev–Trinajstić information content (AvgIpc) is 2.65. The highest BCUT2D eigenvalue weighted by Gasteiger charge is 2.33. The summed E-state index contributed by atoms with van der Waals surface area (Å²) in [5.41, 5.74) is 1.74. The van der Waals surface area contributed by atoms with Crippen LogP contribution in [0.4, 0.5) is 5.69 Å². The van der Waals surface area contributed by atoms with Crippen LogP contribution in [-0.4, -0.2) is 29.8 Å². The Bertz CT molecular complexity index is 660. The first-order chi connectivity index (χ1) is 12.4. The molecule has 26 heavy (non-hydrogen) atoms. The molecule has 0 aromatic heterocycles. The van der Waals surface area contributed by atoms with Gasteiger partial charge < -0.3 is 10.2 Å². The fourth-order valence-electron chi connectivity index (χ4n) is 4.00. The zero-order valence-electron chi connectivity index (χ0n) is 15.8. The van der Waals surface area contributed by atoms with Crippen molar-refractivity contribution in [1.29, 1.82) is 0 Å². The Kier molecular flexibility index (Phi) is 6.23. The maximum atomic E-state index is 12.7. The van der Waals surface area contributed by atoms with Gasteiger partial charge in [0.25, 0.3) is 0 Å². The Labute approximate surface area is 161 Å². The number of amides is 2. The number of hydrogen-bond acceptors (Lipinski definition) is 2. The van der Waals surface area contributed by atoms with Gasteiger partial charge in [-0.2, -0.15) is 0 Å². The van der Waals surface area contributed by atoms with Crippen molar-refractivity contribution in [2.75, 3.05) is 18.4 Å². The van der Waals surface area contributed by atoms with Crippen molar-refractivity contribution in [3.8, 4) is 0 Å². The van der Waals surface area contributed by atoms with Gasteiger partial charge in [-0.15, -0.1) is 0 Å². The number of likely N-dealkylation sites (tertiary alicyclic amines) is 1. The van der Waals surface area contributed by atoms with Crippen LogP contribution >= 0.6 is 11.6 Å². The Morgan fingerprint density at radius 1 is 1.04 bits per heavy atom. The van der Waals surface area contributed by atoms with Crippen molar-refractivity contribution in [2.45, 2.75) is 52.4 Å². The number of anilines is 1. The average molecular weight is 377 g/mol. The van der Waals surface area contributed by atoms with E-state index in [1.165, 1.54) is 0 Å². The number of nitrogens with one attached hydrogen (secondary N) is 1. The van der Waals surface area contributed by atoms with E-state index in [2.05, 4.69) is 12.2 Å². The lowest BCUT2D eigenvalue weighted by atomic mass is 9.80. The zero-order chi connectivity index (χ0) is 18.7. The lowest BCUT2D eigenvalue weighted by Crippen LogP contribution is -2.42. The number of nitrogens with zero attached hydrogens (tertiary/aromatic N) is 1. The molecule has 2 fully saturated rings. The first-order valence-corrected chi connectivity index (χ1v) is 10.2. The normalized spacial score (nSPS) is 24.3. The third-order valence-electron chi connectivity index (χ3n) is 5.98. The highest BCUT2D eigenvalue weighted by atomic mass is 35.5. The van der Waals surface area contributed by atoms with Gasteiger partial charge in [-0.1, -0.05) is 24.6 Å². The van der Waals surface area contributed by atoms with Crippen LogP contribution in [0, 0.1) is 24.7 Å². The van der Waals surface area contributed by atoms with Crippen LogP contribution in [0.2, 0.25) is 5.02 Å². The summed E-state index contributed by atoms with van der Waals surface area (Å²) >= 11 is 6.13. The lowest BCUT2D eigenvalue weighted by Gasteiger charge is -2.35. The van der Waals surface area contributed by atoms with E-state index in [0.717, 1.165) is 68.8 Å². The number of carbonyl (C=O) groups is 2. The lowest BCUT2D eigenvalue weighted by molar-refractivity contribution is -0.139. The fourth-order valence-corrected chi connectivity index (χ4v) is 4.19. The molecule has 2 aliphatic rings. The van der Waals surface area contributed by atoms with E-state index in [4.69, 9.17) is 11.6 Å². The molecule has 0 radical (unpaired) electrons. The van der Waals surface area contributed by atoms with E-state index < -0.39 is 0 Å². The smallest absolute Gasteiger partial charge is 0.227 e. The molecule has 1 heterocycles. The number of benzene rings is 1. The van der Waals surface area contributed by atoms with Crippen molar-refractivity contribution < 1.29 is 9.59 Å². The van der Waals surface area contributed by atoms with E-state index >= 15 is 0 Å². The molecule has 3 rings (SSSR count). The molecule has 0 spiro atoms. The van der Waals surface area contributed by atoms with Gasteiger partial charge in [0.05, 0.1) is 0 Å². The summed E-state index contributed by atoms with van der Waals surface area (Å²) in [6.45, 7) is 5.99. The number of carbonyl (C=O) groups excluding carboxylic acids is 2. The summed E-state index contributed by atoms with van der Waals surface area (Å²) in [6.07, 6.45) is 5.43. The van der Waals surface area contributed by atoms with Gasteiger partial charge >= 0.3 is 0 Å². The number of halogens is 1. The Balaban J connectivity index is 1.49. The summed E-state index contributed by atoms with van der Waals surface area (Å²) in [7, 11) is 0. The second-order valence-corrected chi connectivity index (χ2v) is 8.42. The Morgan fingerprint density at radius 3 is 2.27 bits per heavy atom. The summed E-state index contributed by atoms with van der Waals surface area (Å²) in [5.74, 6) is 1.17. The zero-order valence-corrected chi connectivity index (χ0v) is 16.5. The molecule has 0 bridgehead atoms. The molecule has 1 saturated carbocycles. The van der Waals surface area contributed by atoms with E-state index in [9.17, 15) is 9.59 Å². The van der Waals surface area contributed by atoms with Crippen LogP contribution in [-0.2, 0) is 9.59 Å². The predicted octanol–water partition coefficient (Wildman–Crippen LogP) is 4.65. The molecule has 0 atom stereocenters. The molecule has 1 N–H and O–H groups in total. The maximum Gasteiger partial charge on any atom is 0.227 e. The topological polar surface area (TPSA) is 49.4 Å². The van der Waals surface area contributed by atoms with Gasteiger partial charge in [0.1, 0.15) is 0 Å². The van der Waals surface area contributed by atoms with Gasteiger partial charge in [0.2, 0.25) is 11.8 Å². The Morgan fingerprint density at radius 2 is 1.65 bits per heavy atom.